The SMILES string of the molecule is COc1ccccc1N1CCCC(NC(=NCc2nnc(C)n2C)NCC2CCCO2)C1.I. The van der Waals surface area contributed by atoms with Crippen molar-refractivity contribution in [1.29, 1.82) is 0 Å². The lowest BCUT2D eigenvalue weighted by Gasteiger charge is -2.36. The van der Waals surface area contributed by atoms with Crippen molar-refractivity contribution in [3.63, 3.8) is 0 Å². The van der Waals surface area contributed by atoms with E-state index in [2.05, 4.69) is 37.9 Å². The lowest BCUT2D eigenvalue weighted by Crippen LogP contribution is -2.52. The quantitative estimate of drug-likeness (QED) is 0.301. The highest BCUT2D eigenvalue weighted by molar-refractivity contribution is 14.0. The maximum absolute atomic E-state index is 5.79. The van der Waals surface area contributed by atoms with Crippen molar-refractivity contribution in [3.05, 3.63) is 35.9 Å². The molecule has 2 atom stereocenters. The zero-order valence-electron chi connectivity index (χ0n) is 19.8. The summed E-state index contributed by atoms with van der Waals surface area (Å²) in [6, 6.07) is 8.50. The Kier molecular flexibility index (Phi) is 9.60. The number of anilines is 1. The van der Waals surface area contributed by atoms with Gasteiger partial charge in [-0.05, 0) is 44.7 Å². The maximum Gasteiger partial charge on any atom is 0.192 e. The standard InChI is InChI=1S/C23H35N7O2.HI/c1-17-27-28-22(29(17)2)15-25-23(24-14-19-9-7-13-32-19)26-18-8-6-12-30(16-18)20-10-4-5-11-21(20)31-3;/h4-5,10-11,18-19H,6-9,12-16H2,1-3H3,(H2,24,25,26);1H. The van der Waals surface area contributed by atoms with Crippen LogP contribution in [0.1, 0.15) is 37.3 Å². The van der Waals surface area contributed by atoms with Crippen molar-refractivity contribution in [2.75, 3.05) is 38.3 Å². The first-order chi connectivity index (χ1) is 15.6. The largest absolute Gasteiger partial charge is 0.495 e. The molecular weight excluding hydrogens is 533 g/mol. The fourth-order valence-electron chi connectivity index (χ4n) is 4.31. The Morgan fingerprint density at radius 2 is 2.09 bits per heavy atom. The lowest BCUT2D eigenvalue weighted by atomic mass is 10.0. The average molecular weight is 569 g/mol. The number of nitrogens with zero attached hydrogens (tertiary/aromatic N) is 5. The van der Waals surface area contributed by atoms with Gasteiger partial charge in [0.05, 0.1) is 18.9 Å². The fourth-order valence-corrected chi connectivity index (χ4v) is 4.31. The van der Waals surface area contributed by atoms with Crippen LogP contribution in [0.25, 0.3) is 0 Å². The number of piperidine rings is 1. The molecule has 0 saturated carbocycles. The predicted octanol–water partition coefficient (Wildman–Crippen LogP) is 2.63. The second kappa shape index (κ2) is 12.4. The first-order valence-corrected chi connectivity index (χ1v) is 11.5. The van der Waals surface area contributed by atoms with Crippen LogP contribution in [0, 0.1) is 6.92 Å². The topological polar surface area (TPSA) is 88.8 Å². The Morgan fingerprint density at radius 3 is 2.82 bits per heavy atom. The fraction of sp³-hybridized carbons (Fsp3) is 0.609. The molecule has 10 heteroatoms. The van der Waals surface area contributed by atoms with Crippen LogP contribution in [0.3, 0.4) is 0 Å². The molecule has 2 saturated heterocycles. The number of hydrogen-bond acceptors (Lipinski definition) is 6. The average Bonchev–Trinajstić information content (AvgIpc) is 3.46. The first-order valence-electron chi connectivity index (χ1n) is 11.5. The Labute approximate surface area is 213 Å². The van der Waals surface area contributed by atoms with Gasteiger partial charge in [0.1, 0.15) is 18.1 Å². The van der Waals surface area contributed by atoms with Gasteiger partial charge in [-0.3, -0.25) is 0 Å². The van der Waals surface area contributed by atoms with Gasteiger partial charge in [0.25, 0.3) is 0 Å². The van der Waals surface area contributed by atoms with Crippen LogP contribution >= 0.6 is 24.0 Å². The number of para-hydroxylation sites is 2. The van der Waals surface area contributed by atoms with E-state index in [1.165, 1.54) is 0 Å². The van der Waals surface area contributed by atoms with Crippen LogP contribution in [0.2, 0.25) is 0 Å². The molecule has 2 aliphatic rings. The van der Waals surface area contributed by atoms with E-state index < -0.39 is 0 Å². The Balaban J connectivity index is 0.00000306. The molecule has 182 valence electrons. The second-order valence-electron chi connectivity index (χ2n) is 8.50. The molecule has 33 heavy (non-hydrogen) atoms. The lowest BCUT2D eigenvalue weighted by molar-refractivity contribution is 0.113. The summed E-state index contributed by atoms with van der Waals surface area (Å²) in [5.41, 5.74) is 1.14. The number of methoxy groups -OCH3 is 1. The van der Waals surface area contributed by atoms with Crippen molar-refractivity contribution in [2.24, 2.45) is 12.0 Å². The summed E-state index contributed by atoms with van der Waals surface area (Å²) in [6.07, 6.45) is 4.66. The zero-order valence-corrected chi connectivity index (χ0v) is 22.1. The molecule has 0 spiro atoms. The van der Waals surface area contributed by atoms with Crippen molar-refractivity contribution in [2.45, 2.75) is 51.3 Å². The number of aliphatic imine (C=N–C) groups is 1. The summed E-state index contributed by atoms with van der Waals surface area (Å²) >= 11 is 0. The van der Waals surface area contributed by atoms with E-state index >= 15 is 0 Å². The summed E-state index contributed by atoms with van der Waals surface area (Å²) < 4.78 is 13.3. The van der Waals surface area contributed by atoms with Crippen LogP contribution < -0.4 is 20.3 Å². The van der Waals surface area contributed by atoms with Crippen LogP contribution in [-0.4, -0.2) is 66.2 Å². The third kappa shape index (κ3) is 6.72. The first kappa shape index (κ1) is 25.5. The summed E-state index contributed by atoms with van der Waals surface area (Å²) in [5, 5.41) is 15.5. The molecule has 2 fully saturated rings. The van der Waals surface area contributed by atoms with Crippen molar-refractivity contribution >= 4 is 35.6 Å². The molecular formula is C23H36IN7O2. The van der Waals surface area contributed by atoms with Crippen LogP contribution in [0.4, 0.5) is 5.69 Å². The minimum atomic E-state index is 0. The van der Waals surface area contributed by atoms with Crippen LogP contribution in [0.15, 0.2) is 29.3 Å². The zero-order chi connectivity index (χ0) is 22.3. The van der Waals surface area contributed by atoms with E-state index in [1.54, 1.807) is 7.11 Å². The van der Waals surface area contributed by atoms with Gasteiger partial charge in [0.15, 0.2) is 11.8 Å². The third-order valence-corrected chi connectivity index (χ3v) is 6.27. The molecule has 0 bridgehead atoms. The molecule has 2 unspecified atom stereocenters. The van der Waals surface area contributed by atoms with E-state index in [9.17, 15) is 0 Å². The van der Waals surface area contributed by atoms with E-state index in [0.717, 1.165) is 81.0 Å². The number of guanidine groups is 1. The highest BCUT2D eigenvalue weighted by Crippen LogP contribution is 2.29. The smallest absolute Gasteiger partial charge is 0.192 e. The number of aryl methyl sites for hydroxylation is 1. The van der Waals surface area contributed by atoms with Gasteiger partial charge in [0, 0.05) is 39.3 Å². The monoisotopic (exact) mass is 569 g/mol. The predicted molar refractivity (Wildman–Crippen MR) is 141 cm³/mol. The maximum atomic E-state index is 5.79. The number of nitrogens with one attached hydrogen (secondary N) is 2. The van der Waals surface area contributed by atoms with Gasteiger partial charge in [-0.2, -0.15) is 0 Å². The molecule has 2 aliphatic heterocycles. The Bertz CT molecular complexity index is 914. The minimum absolute atomic E-state index is 0. The van der Waals surface area contributed by atoms with Gasteiger partial charge >= 0.3 is 0 Å². The summed E-state index contributed by atoms with van der Waals surface area (Å²) in [6.45, 7) is 5.94. The summed E-state index contributed by atoms with van der Waals surface area (Å²) in [5.74, 6) is 3.45. The highest BCUT2D eigenvalue weighted by Gasteiger charge is 2.24. The highest BCUT2D eigenvalue weighted by atomic mass is 127. The molecule has 0 aliphatic carbocycles. The summed E-state index contributed by atoms with van der Waals surface area (Å²) in [4.78, 5) is 7.22. The van der Waals surface area contributed by atoms with Gasteiger partial charge < -0.3 is 29.6 Å². The normalized spacial score (nSPS) is 20.9. The number of rotatable bonds is 7. The molecule has 9 nitrogen and oxygen atoms in total. The van der Waals surface area contributed by atoms with Gasteiger partial charge in [0.2, 0.25) is 0 Å². The Hall–Kier alpha value is -2.08. The molecule has 3 heterocycles. The molecule has 1 aromatic carbocycles. The number of aromatic nitrogens is 3. The van der Waals surface area contributed by atoms with E-state index in [4.69, 9.17) is 14.5 Å². The molecule has 1 aromatic heterocycles. The van der Waals surface area contributed by atoms with Crippen LogP contribution in [-0.2, 0) is 18.3 Å². The van der Waals surface area contributed by atoms with Crippen molar-refractivity contribution in [3.8, 4) is 5.75 Å². The van der Waals surface area contributed by atoms with Gasteiger partial charge in [-0.15, -0.1) is 34.2 Å². The number of halogens is 1. The molecule has 2 aromatic rings. The van der Waals surface area contributed by atoms with E-state index in [0.29, 0.717) is 6.54 Å². The Morgan fingerprint density at radius 1 is 1.24 bits per heavy atom. The van der Waals surface area contributed by atoms with Crippen LogP contribution in [0.5, 0.6) is 5.75 Å². The number of benzene rings is 1. The molecule has 4 rings (SSSR count). The van der Waals surface area contributed by atoms with Gasteiger partial charge in [-0.25, -0.2) is 4.99 Å². The van der Waals surface area contributed by atoms with Crippen molar-refractivity contribution < 1.29 is 9.47 Å². The molecule has 0 radical (unpaired) electrons. The third-order valence-electron chi connectivity index (χ3n) is 6.27. The van der Waals surface area contributed by atoms with Gasteiger partial charge in [-0.1, -0.05) is 12.1 Å². The number of hydrogen-bond donors (Lipinski definition) is 2. The number of ether oxygens (including phenoxy) is 2. The minimum Gasteiger partial charge on any atom is -0.495 e. The van der Waals surface area contributed by atoms with E-state index in [1.807, 2.05) is 30.7 Å². The molecule has 2 N–H and O–H groups in total. The molecule has 0 amide bonds. The van der Waals surface area contributed by atoms with Crippen molar-refractivity contribution in [1.82, 2.24) is 25.4 Å². The summed E-state index contributed by atoms with van der Waals surface area (Å²) in [7, 11) is 3.70. The van der Waals surface area contributed by atoms with E-state index in [-0.39, 0.29) is 36.1 Å². The second-order valence-corrected chi connectivity index (χ2v) is 8.50.